The molecule has 0 saturated heterocycles. The average molecular weight is 514 g/mol. The number of halogens is 2. The lowest BCUT2D eigenvalue weighted by molar-refractivity contribution is 0.120. The van der Waals surface area contributed by atoms with Crippen molar-refractivity contribution >= 4 is 29.9 Å². The molecule has 1 aromatic heterocycles. The summed E-state index contributed by atoms with van der Waals surface area (Å²) in [7, 11) is 0. The van der Waals surface area contributed by atoms with Crippen LogP contribution in [0.5, 0.6) is 11.6 Å². The molecule has 1 saturated carbocycles. The number of hydrogen-bond acceptors (Lipinski definition) is 4. The predicted octanol–water partition coefficient (Wildman–Crippen LogP) is 3.99. The van der Waals surface area contributed by atoms with Crippen molar-refractivity contribution in [3.63, 3.8) is 0 Å². The number of pyridine rings is 1. The lowest BCUT2D eigenvalue weighted by Crippen LogP contribution is -2.45. The van der Waals surface area contributed by atoms with Crippen molar-refractivity contribution in [2.75, 3.05) is 6.54 Å². The third kappa shape index (κ3) is 7.77. The molecular weight excluding hydrogens is 486 g/mol. The van der Waals surface area contributed by atoms with Gasteiger partial charge < -0.3 is 20.5 Å². The number of guanidine groups is 1. The summed E-state index contributed by atoms with van der Waals surface area (Å²) in [4.78, 5) is 8.92. The summed E-state index contributed by atoms with van der Waals surface area (Å²) < 4.78 is 18.5. The van der Waals surface area contributed by atoms with E-state index < -0.39 is 0 Å². The van der Waals surface area contributed by atoms with Crippen LogP contribution in [-0.4, -0.2) is 34.7 Å². The zero-order chi connectivity index (χ0) is 19.8. The van der Waals surface area contributed by atoms with Crippen LogP contribution in [0.4, 0.5) is 4.39 Å². The highest BCUT2D eigenvalue weighted by atomic mass is 127. The molecule has 1 aromatic carbocycles. The first-order valence-corrected chi connectivity index (χ1v) is 9.73. The maximum absolute atomic E-state index is 12.9. The predicted molar refractivity (Wildman–Crippen MR) is 122 cm³/mol. The number of aliphatic hydroxyl groups is 1. The van der Waals surface area contributed by atoms with E-state index >= 15 is 0 Å². The number of hydrogen-bond donors (Lipinski definition) is 3. The molecule has 8 heteroatoms. The SMILES string of the molecule is CCNC(=NCc1ccc(Oc2ccc(F)cc2)nc1)NC1CCC(O)CC1.I. The first-order valence-electron chi connectivity index (χ1n) is 9.73. The Morgan fingerprint density at radius 1 is 1.17 bits per heavy atom. The second kappa shape index (κ2) is 11.9. The second-order valence-electron chi connectivity index (χ2n) is 6.91. The molecule has 0 spiro atoms. The molecule has 3 rings (SSSR count). The fourth-order valence-corrected chi connectivity index (χ4v) is 3.09. The molecule has 3 N–H and O–H groups in total. The summed E-state index contributed by atoms with van der Waals surface area (Å²) in [5, 5.41) is 16.3. The van der Waals surface area contributed by atoms with Crippen molar-refractivity contribution in [2.45, 2.75) is 51.3 Å². The normalized spacial score (nSPS) is 19.2. The van der Waals surface area contributed by atoms with Crippen LogP contribution < -0.4 is 15.4 Å². The molecule has 1 heterocycles. The standard InChI is InChI=1S/C21H27FN4O2.HI/c1-2-23-21(26-17-6-8-18(27)9-7-17)25-14-15-3-12-20(24-13-15)28-19-10-4-16(22)5-11-19;/h3-5,10-13,17-18,27H,2,6-9,14H2,1H3,(H2,23,25,26);1H. The van der Waals surface area contributed by atoms with Crippen molar-refractivity contribution < 1.29 is 14.2 Å². The highest BCUT2D eigenvalue weighted by Crippen LogP contribution is 2.20. The van der Waals surface area contributed by atoms with Crippen LogP contribution in [0.2, 0.25) is 0 Å². The molecule has 0 aliphatic heterocycles. The zero-order valence-corrected chi connectivity index (χ0v) is 18.8. The number of nitrogens with zero attached hydrogens (tertiary/aromatic N) is 2. The molecule has 0 amide bonds. The van der Waals surface area contributed by atoms with Crippen LogP contribution in [0, 0.1) is 5.82 Å². The molecule has 2 aromatic rings. The van der Waals surface area contributed by atoms with Crippen molar-refractivity contribution in [3.05, 3.63) is 54.0 Å². The Labute approximate surface area is 188 Å². The fraction of sp³-hybridized carbons (Fsp3) is 0.429. The van der Waals surface area contributed by atoms with Crippen LogP contribution in [0.15, 0.2) is 47.6 Å². The maximum atomic E-state index is 12.9. The van der Waals surface area contributed by atoms with Crippen LogP contribution >= 0.6 is 24.0 Å². The van der Waals surface area contributed by atoms with Gasteiger partial charge in [-0.15, -0.1) is 24.0 Å². The van der Waals surface area contributed by atoms with E-state index in [1.54, 1.807) is 24.4 Å². The summed E-state index contributed by atoms with van der Waals surface area (Å²) in [5.41, 5.74) is 0.961. The minimum Gasteiger partial charge on any atom is -0.439 e. The van der Waals surface area contributed by atoms with Gasteiger partial charge in [0.25, 0.3) is 0 Å². The summed E-state index contributed by atoms with van der Waals surface area (Å²) in [6, 6.07) is 9.85. The number of aliphatic imine (C=N–C) groups is 1. The Kier molecular flexibility index (Phi) is 9.59. The lowest BCUT2D eigenvalue weighted by atomic mass is 9.93. The molecule has 29 heavy (non-hydrogen) atoms. The molecule has 1 aliphatic carbocycles. The van der Waals surface area contributed by atoms with Gasteiger partial charge in [-0.1, -0.05) is 6.07 Å². The molecule has 6 nitrogen and oxygen atoms in total. The monoisotopic (exact) mass is 514 g/mol. The third-order valence-electron chi connectivity index (χ3n) is 4.64. The van der Waals surface area contributed by atoms with Gasteiger partial charge in [-0.25, -0.2) is 14.4 Å². The van der Waals surface area contributed by atoms with Gasteiger partial charge in [0.1, 0.15) is 11.6 Å². The third-order valence-corrected chi connectivity index (χ3v) is 4.64. The van der Waals surface area contributed by atoms with E-state index in [0.717, 1.165) is 43.8 Å². The van der Waals surface area contributed by atoms with E-state index in [9.17, 15) is 9.50 Å². The molecular formula is C21H28FIN4O2. The highest BCUT2D eigenvalue weighted by Gasteiger charge is 2.19. The van der Waals surface area contributed by atoms with Crippen molar-refractivity contribution in [3.8, 4) is 11.6 Å². The van der Waals surface area contributed by atoms with Gasteiger partial charge in [0.05, 0.1) is 12.6 Å². The number of benzene rings is 1. The van der Waals surface area contributed by atoms with E-state index in [4.69, 9.17) is 4.74 Å². The van der Waals surface area contributed by atoms with Crippen molar-refractivity contribution in [1.82, 2.24) is 15.6 Å². The molecule has 0 bridgehead atoms. The summed E-state index contributed by atoms with van der Waals surface area (Å²) >= 11 is 0. The summed E-state index contributed by atoms with van der Waals surface area (Å²) in [6.07, 6.45) is 5.11. The summed E-state index contributed by atoms with van der Waals surface area (Å²) in [6.45, 7) is 3.31. The van der Waals surface area contributed by atoms with E-state index in [0.29, 0.717) is 24.2 Å². The number of aromatic nitrogens is 1. The minimum atomic E-state index is -0.303. The molecule has 0 atom stereocenters. The Morgan fingerprint density at radius 2 is 1.90 bits per heavy atom. The first kappa shape index (κ1) is 23.3. The second-order valence-corrected chi connectivity index (χ2v) is 6.91. The highest BCUT2D eigenvalue weighted by molar-refractivity contribution is 14.0. The van der Waals surface area contributed by atoms with Gasteiger partial charge in [0.15, 0.2) is 5.96 Å². The van der Waals surface area contributed by atoms with E-state index in [1.807, 2.05) is 13.0 Å². The minimum absolute atomic E-state index is 0. The zero-order valence-electron chi connectivity index (χ0n) is 16.5. The Bertz CT molecular complexity index is 763. The van der Waals surface area contributed by atoms with Crippen molar-refractivity contribution in [1.29, 1.82) is 0 Å². The van der Waals surface area contributed by atoms with Gasteiger partial charge in [0.2, 0.25) is 5.88 Å². The quantitative estimate of drug-likeness (QED) is 0.309. The number of nitrogens with one attached hydrogen (secondary N) is 2. The van der Waals surface area contributed by atoms with Crippen molar-refractivity contribution in [2.24, 2.45) is 4.99 Å². The first-order chi connectivity index (χ1) is 13.6. The number of aliphatic hydroxyl groups excluding tert-OH is 1. The van der Waals surface area contributed by atoms with Crippen LogP contribution in [0.25, 0.3) is 0 Å². The number of rotatable bonds is 6. The van der Waals surface area contributed by atoms with E-state index in [1.165, 1.54) is 12.1 Å². The van der Waals surface area contributed by atoms with Gasteiger partial charge >= 0.3 is 0 Å². The van der Waals surface area contributed by atoms with Crippen LogP contribution in [0.3, 0.4) is 0 Å². The van der Waals surface area contributed by atoms with Crippen LogP contribution in [-0.2, 0) is 6.54 Å². The Balaban J connectivity index is 0.00000300. The molecule has 1 fully saturated rings. The molecule has 0 radical (unpaired) electrons. The van der Waals surface area contributed by atoms with E-state index in [2.05, 4.69) is 20.6 Å². The van der Waals surface area contributed by atoms with Gasteiger partial charge in [-0.3, -0.25) is 0 Å². The van der Waals surface area contributed by atoms with Gasteiger partial charge in [-0.2, -0.15) is 0 Å². The molecule has 1 aliphatic rings. The topological polar surface area (TPSA) is 78.8 Å². The van der Waals surface area contributed by atoms with Gasteiger partial charge in [-0.05, 0) is 62.4 Å². The average Bonchev–Trinajstić information content (AvgIpc) is 2.71. The van der Waals surface area contributed by atoms with E-state index in [-0.39, 0.29) is 35.9 Å². The lowest BCUT2D eigenvalue weighted by Gasteiger charge is -2.27. The molecule has 158 valence electrons. The largest absolute Gasteiger partial charge is 0.439 e. The Hall–Kier alpha value is -1.94. The fourth-order valence-electron chi connectivity index (χ4n) is 3.09. The maximum Gasteiger partial charge on any atom is 0.219 e. The molecule has 0 unspecified atom stereocenters. The Morgan fingerprint density at radius 3 is 2.52 bits per heavy atom. The number of ether oxygens (including phenoxy) is 1. The summed E-state index contributed by atoms with van der Waals surface area (Å²) in [5.74, 6) is 1.46. The van der Waals surface area contributed by atoms with Crippen LogP contribution in [0.1, 0.15) is 38.2 Å². The smallest absolute Gasteiger partial charge is 0.219 e. The van der Waals surface area contributed by atoms with Gasteiger partial charge in [0, 0.05) is 24.8 Å².